The standard InChI is InChI=1S/C29H26F5N3O3/c1-40-25-10-5-18(29(32,33)34)15-24(25)37-23(16-26(38)39)21-3-2-4-22(31)27(21)35-28(37)17-11-13-36(14-12-17)20-8-6-19(30)7-9-20/h2-10,15,17,23H,11-14,16H2,1H3,(H,38,39). The van der Waals surface area contributed by atoms with E-state index < -0.39 is 36.0 Å². The molecule has 11 heteroatoms. The molecule has 0 aromatic heterocycles. The van der Waals surface area contributed by atoms with E-state index in [-0.39, 0.29) is 40.3 Å². The number of anilines is 2. The molecule has 1 atom stereocenters. The van der Waals surface area contributed by atoms with E-state index in [0.717, 1.165) is 17.8 Å². The predicted octanol–water partition coefficient (Wildman–Crippen LogP) is 6.97. The second-order valence-electron chi connectivity index (χ2n) is 9.75. The molecule has 5 rings (SSSR count). The lowest BCUT2D eigenvalue weighted by Crippen LogP contribution is -2.46. The number of rotatable bonds is 6. The molecule has 1 saturated heterocycles. The number of carboxylic acids is 1. The highest BCUT2D eigenvalue weighted by molar-refractivity contribution is 6.05. The smallest absolute Gasteiger partial charge is 0.416 e. The number of halogens is 5. The van der Waals surface area contributed by atoms with Gasteiger partial charge >= 0.3 is 12.1 Å². The van der Waals surface area contributed by atoms with Gasteiger partial charge in [-0.25, -0.2) is 13.8 Å². The van der Waals surface area contributed by atoms with Crippen molar-refractivity contribution in [2.45, 2.75) is 31.5 Å². The zero-order valence-electron chi connectivity index (χ0n) is 21.5. The molecule has 40 heavy (non-hydrogen) atoms. The van der Waals surface area contributed by atoms with Crippen molar-refractivity contribution in [3.05, 3.63) is 83.4 Å². The van der Waals surface area contributed by atoms with Crippen molar-refractivity contribution in [2.75, 3.05) is 30.0 Å². The molecule has 3 aromatic carbocycles. The van der Waals surface area contributed by atoms with Gasteiger partial charge in [0.05, 0.1) is 30.8 Å². The third kappa shape index (κ3) is 5.32. The summed E-state index contributed by atoms with van der Waals surface area (Å²) in [4.78, 5) is 20.2. The van der Waals surface area contributed by atoms with Gasteiger partial charge in [0.1, 0.15) is 28.9 Å². The first-order chi connectivity index (χ1) is 19.1. The van der Waals surface area contributed by atoms with Crippen molar-refractivity contribution in [1.82, 2.24) is 0 Å². The zero-order chi connectivity index (χ0) is 28.6. The normalized spacial score (nSPS) is 17.9. The van der Waals surface area contributed by atoms with Gasteiger partial charge in [0.25, 0.3) is 0 Å². The number of methoxy groups -OCH3 is 1. The minimum atomic E-state index is -4.67. The lowest BCUT2D eigenvalue weighted by molar-refractivity contribution is -0.138. The largest absolute Gasteiger partial charge is 0.495 e. The summed E-state index contributed by atoms with van der Waals surface area (Å²) in [6, 6.07) is 12.2. The molecular formula is C29H26F5N3O3. The van der Waals surface area contributed by atoms with Crippen LogP contribution in [0.3, 0.4) is 0 Å². The van der Waals surface area contributed by atoms with Crippen LogP contribution in [0.1, 0.15) is 36.4 Å². The molecule has 2 aliphatic rings. The molecule has 2 aliphatic heterocycles. The molecule has 1 N–H and O–H groups in total. The summed E-state index contributed by atoms with van der Waals surface area (Å²) in [5.41, 5.74) is 0.120. The first-order valence-corrected chi connectivity index (χ1v) is 12.7. The lowest BCUT2D eigenvalue weighted by atomic mass is 9.89. The minimum absolute atomic E-state index is 0.00167. The van der Waals surface area contributed by atoms with Gasteiger partial charge in [-0.1, -0.05) is 12.1 Å². The van der Waals surface area contributed by atoms with Crippen molar-refractivity contribution in [1.29, 1.82) is 0 Å². The molecular weight excluding hydrogens is 533 g/mol. The van der Waals surface area contributed by atoms with E-state index in [1.54, 1.807) is 12.1 Å². The molecule has 0 bridgehead atoms. The number of aliphatic carboxylic acids is 1. The van der Waals surface area contributed by atoms with Gasteiger partial charge in [-0.05, 0) is 61.4 Å². The summed E-state index contributed by atoms with van der Waals surface area (Å²) in [6.45, 7) is 1.05. The Morgan fingerprint density at radius 1 is 1.05 bits per heavy atom. The summed E-state index contributed by atoms with van der Waals surface area (Å²) >= 11 is 0. The number of nitrogens with zero attached hydrogens (tertiary/aromatic N) is 3. The van der Waals surface area contributed by atoms with E-state index in [2.05, 4.69) is 9.89 Å². The van der Waals surface area contributed by atoms with Crippen molar-refractivity contribution in [3.63, 3.8) is 0 Å². The molecule has 0 spiro atoms. The van der Waals surface area contributed by atoms with Gasteiger partial charge in [0.15, 0.2) is 0 Å². The Morgan fingerprint density at radius 2 is 1.75 bits per heavy atom. The fourth-order valence-corrected chi connectivity index (χ4v) is 5.43. The van der Waals surface area contributed by atoms with Crippen LogP contribution in [0.15, 0.2) is 65.7 Å². The second kappa shape index (κ2) is 10.8. The number of carboxylic acid groups (broad SMARTS) is 1. The van der Waals surface area contributed by atoms with E-state index in [1.165, 1.54) is 48.4 Å². The van der Waals surface area contributed by atoms with Crippen LogP contribution in [0.5, 0.6) is 5.75 Å². The number of carbonyl (C=O) groups is 1. The molecule has 210 valence electrons. The van der Waals surface area contributed by atoms with Gasteiger partial charge in [0, 0.05) is 30.3 Å². The maximum absolute atomic E-state index is 15.0. The van der Waals surface area contributed by atoms with Crippen LogP contribution in [-0.4, -0.2) is 37.1 Å². The van der Waals surface area contributed by atoms with E-state index in [0.29, 0.717) is 25.9 Å². The Balaban J connectivity index is 1.61. The maximum Gasteiger partial charge on any atom is 0.416 e. The van der Waals surface area contributed by atoms with Gasteiger partial charge in [-0.3, -0.25) is 4.79 Å². The zero-order valence-corrected chi connectivity index (χ0v) is 21.5. The molecule has 6 nitrogen and oxygen atoms in total. The molecule has 0 radical (unpaired) electrons. The molecule has 0 amide bonds. The number of benzene rings is 3. The fraction of sp³-hybridized carbons (Fsp3) is 0.310. The van der Waals surface area contributed by atoms with E-state index in [1.807, 2.05) is 0 Å². The predicted molar refractivity (Wildman–Crippen MR) is 140 cm³/mol. The number of aliphatic imine (C=N–C) groups is 1. The van der Waals surface area contributed by atoms with Gasteiger partial charge in [-0.15, -0.1) is 0 Å². The van der Waals surface area contributed by atoms with Crippen molar-refractivity contribution in [3.8, 4) is 5.75 Å². The van der Waals surface area contributed by atoms with Crippen molar-refractivity contribution >= 4 is 28.9 Å². The average molecular weight is 560 g/mol. The van der Waals surface area contributed by atoms with Crippen molar-refractivity contribution in [2.24, 2.45) is 10.9 Å². The first-order valence-electron chi connectivity index (χ1n) is 12.7. The molecule has 2 heterocycles. The summed E-state index contributed by atoms with van der Waals surface area (Å²) in [6.07, 6.45) is -4.18. The third-order valence-electron chi connectivity index (χ3n) is 7.35. The van der Waals surface area contributed by atoms with Gasteiger partial charge in [0.2, 0.25) is 0 Å². The van der Waals surface area contributed by atoms with E-state index in [4.69, 9.17) is 4.74 Å². The Labute approximate surface area is 227 Å². The van der Waals surface area contributed by atoms with Crippen LogP contribution in [0.2, 0.25) is 0 Å². The van der Waals surface area contributed by atoms with Crippen LogP contribution in [0, 0.1) is 17.6 Å². The maximum atomic E-state index is 15.0. The Hall–Kier alpha value is -4.15. The second-order valence-corrected chi connectivity index (χ2v) is 9.75. The Bertz CT molecular complexity index is 1430. The summed E-state index contributed by atoms with van der Waals surface area (Å²) in [5, 5.41) is 9.81. The number of hydrogen-bond donors (Lipinski definition) is 1. The van der Waals surface area contributed by atoms with E-state index in [9.17, 15) is 27.5 Å². The van der Waals surface area contributed by atoms with Gasteiger partial charge in [-0.2, -0.15) is 13.2 Å². The molecule has 3 aromatic rings. The topological polar surface area (TPSA) is 65.4 Å². The highest BCUT2D eigenvalue weighted by Crippen LogP contribution is 2.47. The minimum Gasteiger partial charge on any atom is -0.495 e. The SMILES string of the molecule is COc1ccc(C(F)(F)F)cc1N1C(C2CCN(c3ccc(F)cc3)CC2)=Nc2c(F)cccc2C1CC(=O)O. The Kier molecular flexibility index (Phi) is 7.39. The van der Waals surface area contributed by atoms with Crippen LogP contribution in [-0.2, 0) is 11.0 Å². The van der Waals surface area contributed by atoms with Crippen LogP contribution in [0.4, 0.5) is 39.0 Å². The fourth-order valence-electron chi connectivity index (χ4n) is 5.43. The summed E-state index contributed by atoms with van der Waals surface area (Å²) in [7, 11) is 1.31. The number of hydrogen-bond acceptors (Lipinski definition) is 5. The summed E-state index contributed by atoms with van der Waals surface area (Å²) in [5.74, 6) is -2.17. The number of piperidine rings is 1. The molecule has 1 fully saturated rings. The Morgan fingerprint density at radius 3 is 2.38 bits per heavy atom. The lowest BCUT2D eigenvalue weighted by Gasteiger charge is -2.43. The van der Waals surface area contributed by atoms with Gasteiger partial charge < -0.3 is 19.6 Å². The molecule has 0 aliphatic carbocycles. The molecule has 0 saturated carbocycles. The number of ether oxygens (including phenoxy) is 1. The highest BCUT2D eigenvalue weighted by atomic mass is 19.4. The van der Waals surface area contributed by atoms with Crippen LogP contribution in [0.25, 0.3) is 0 Å². The highest BCUT2D eigenvalue weighted by Gasteiger charge is 2.40. The van der Waals surface area contributed by atoms with Crippen LogP contribution >= 0.6 is 0 Å². The number of fused-ring (bicyclic) bond motifs is 1. The monoisotopic (exact) mass is 559 g/mol. The number of alkyl halides is 3. The summed E-state index contributed by atoms with van der Waals surface area (Å²) < 4.78 is 75.3. The number of amidine groups is 1. The molecule has 1 unspecified atom stereocenters. The number of para-hydroxylation sites is 1. The van der Waals surface area contributed by atoms with Crippen molar-refractivity contribution < 1.29 is 36.6 Å². The first kappa shape index (κ1) is 27.4. The third-order valence-corrected chi connectivity index (χ3v) is 7.35. The van der Waals surface area contributed by atoms with E-state index >= 15 is 4.39 Å². The van der Waals surface area contributed by atoms with Crippen LogP contribution < -0.4 is 14.5 Å². The average Bonchev–Trinajstić information content (AvgIpc) is 2.93. The quantitative estimate of drug-likeness (QED) is 0.331.